The molecule has 0 saturated heterocycles. The Labute approximate surface area is 119 Å². The van der Waals surface area contributed by atoms with Gasteiger partial charge in [0.2, 0.25) is 0 Å². The van der Waals surface area contributed by atoms with Crippen LogP contribution in [0, 0.1) is 23.3 Å². The third kappa shape index (κ3) is 2.73. The molecule has 0 aromatic heterocycles. The molecule has 5 heteroatoms. The summed E-state index contributed by atoms with van der Waals surface area (Å²) in [5.74, 6) is -3.32. The van der Waals surface area contributed by atoms with Crippen LogP contribution in [-0.4, -0.2) is 6.04 Å². The van der Waals surface area contributed by atoms with Crippen LogP contribution >= 0.6 is 0 Å². The van der Waals surface area contributed by atoms with Crippen molar-refractivity contribution in [3.05, 3.63) is 65.2 Å². The molecule has 110 valence electrons. The van der Waals surface area contributed by atoms with E-state index in [0.717, 1.165) is 6.07 Å². The number of halogens is 4. The molecule has 2 aromatic rings. The molecule has 1 saturated carbocycles. The van der Waals surface area contributed by atoms with Gasteiger partial charge in [-0.05, 0) is 30.4 Å². The molecule has 0 aliphatic heterocycles. The molecule has 3 rings (SSSR count). The number of nitrogens with one attached hydrogen (secondary N) is 1. The minimum absolute atomic E-state index is 0.0640. The van der Waals surface area contributed by atoms with Crippen molar-refractivity contribution in [2.24, 2.45) is 0 Å². The summed E-state index contributed by atoms with van der Waals surface area (Å²) < 4.78 is 53.0. The van der Waals surface area contributed by atoms with Crippen molar-refractivity contribution in [3.8, 4) is 0 Å². The Bertz CT molecular complexity index is 665. The molecule has 0 spiro atoms. The van der Waals surface area contributed by atoms with Crippen LogP contribution < -0.4 is 5.32 Å². The molecule has 1 fully saturated rings. The number of benzene rings is 2. The van der Waals surface area contributed by atoms with Crippen molar-refractivity contribution < 1.29 is 17.6 Å². The van der Waals surface area contributed by atoms with Gasteiger partial charge in [-0.2, -0.15) is 0 Å². The largest absolute Gasteiger partial charge is 0.380 e. The minimum atomic E-state index is -1.21. The predicted octanol–water partition coefficient (Wildman–Crippen LogP) is 4.60. The highest BCUT2D eigenvalue weighted by Crippen LogP contribution is 2.39. The van der Waals surface area contributed by atoms with E-state index >= 15 is 0 Å². The van der Waals surface area contributed by atoms with E-state index in [0.29, 0.717) is 24.5 Å². The molecule has 0 unspecified atom stereocenters. The van der Waals surface area contributed by atoms with Crippen LogP contribution in [0.3, 0.4) is 0 Å². The highest BCUT2D eigenvalue weighted by atomic mass is 19.2. The smallest absolute Gasteiger partial charge is 0.161 e. The molecule has 0 amide bonds. The molecule has 0 radical (unpaired) electrons. The van der Waals surface area contributed by atoms with Gasteiger partial charge >= 0.3 is 0 Å². The molecular formula is C16H13F4N. The first kappa shape index (κ1) is 13.9. The summed E-state index contributed by atoms with van der Waals surface area (Å²) in [5.41, 5.74) is 0.576. The van der Waals surface area contributed by atoms with Crippen molar-refractivity contribution in [2.45, 2.75) is 24.8 Å². The van der Waals surface area contributed by atoms with Gasteiger partial charge in [0.1, 0.15) is 11.6 Å². The molecule has 0 heterocycles. The molecule has 2 aromatic carbocycles. The van der Waals surface area contributed by atoms with Crippen LogP contribution in [-0.2, 0) is 0 Å². The lowest BCUT2D eigenvalue weighted by Crippen LogP contribution is -2.34. The zero-order valence-electron chi connectivity index (χ0n) is 11.0. The lowest BCUT2D eigenvalue weighted by Gasteiger charge is -2.37. The second kappa shape index (κ2) is 5.39. The molecule has 1 nitrogen and oxygen atoms in total. The van der Waals surface area contributed by atoms with Crippen molar-refractivity contribution >= 4 is 5.69 Å². The average Bonchev–Trinajstić information content (AvgIpc) is 2.40. The lowest BCUT2D eigenvalue weighted by atomic mass is 9.75. The molecule has 21 heavy (non-hydrogen) atoms. The number of rotatable bonds is 3. The Kier molecular flexibility index (Phi) is 3.57. The Hall–Kier alpha value is -2.04. The van der Waals surface area contributed by atoms with Crippen LogP contribution in [0.15, 0.2) is 36.4 Å². The number of hydrogen-bond donors (Lipinski definition) is 1. The Balaban J connectivity index is 1.65. The maximum atomic E-state index is 13.6. The fourth-order valence-electron chi connectivity index (χ4n) is 2.65. The summed E-state index contributed by atoms with van der Waals surface area (Å²) in [7, 11) is 0. The van der Waals surface area contributed by atoms with Crippen molar-refractivity contribution in [1.82, 2.24) is 0 Å². The summed E-state index contributed by atoms with van der Waals surface area (Å²) in [6, 6.07) is 7.79. The van der Waals surface area contributed by atoms with Crippen LogP contribution in [0.4, 0.5) is 23.2 Å². The van der Waals surface area contributed by atoms with E-state index in [1.807, 2.05) is 0 Å². The summed E-state index contributed by atoms with van der Waals surface area (Å²) in [6.07, 6.45) is 1.25. The fraction of sp³-hybridized carbons (Fsp3) is 0.250. The number of anilines is 1. The van der Waals surface area contributed by atoms with Gasteiger partial charge in [0.05, 0.1) is 5.69 Å². The van der Waals surface area contributed by atoms with Gasteiger partial charge in [-0.1, -0.05) is 18.2 Å². The van der Waals surface area contributed by atoms with E-state index in [1.54, 1.807) is 18.2 Å². The van der Waals surface area contributed by atoms with E-state index in [2.05, 4.69) is 5.32 Å². The van der Waals surface area contributed by atoms with Gasteiger partial charge in [-0.3, -0.25) is 0 Å². The molecule has 1 aliphatic carbocycles. The second-order valence-electron chi connectivity index (χ2n) is 5.28. The van der Waals surface area contributed by atoms with Gasteiger partial charge in [-0.25, -0.2) is 17.6 Å². The monoisotopic (exact) mass is 295 g/mol. The summed E-state index contributed by atoms with van der Waals surface area (Å²) >= 11 is 0. The predicted molar refractivity (Wildman–Crippen MR) is 72.1 cm³/mol. The maximum absolute atomic E-state index is 13.6. The quantitative estimate of drug-likeness (QED) is 0.644. The highest BCUT2D eigenvalue weighted by molar-refractivity contribution is 5.47. The zero-order chi connectivity index (χ0) is 15.0. The lowest BCUT2D eigenvalue weighted by molar-refractivity contribution is 0.362. The molecular weight excluding hydrogens is 282 g/mol. The van der Waals surface area contributed by atoms with Gasteiger partial charge < -0.3 is 5.32 Å². The van der Waals surface area contributed by atoms with Crippen LogP contribution in [0.25, 0.3) is 0 Å². The van der Waals surface area contributed by atoms with Crippen LogP contribution in [0.1, 0.15) is 24.3 Å². The highest BCUT2D eigenvalue weighted by Gasteiger charge is 2.32. The summed E-state index contributed by atoms with van der Waals surface area (Å²) in [5, 5.41) is 2.83. The number of hydrogen-bond acceptors (Lipinski definition) is 1. The first-order chi connectivity index (χ1) is 10.0. The van der Waals surface area contributed by atoms with Crippen molar-refractivity contribution in [2.75, 3.05) is 5.32 Å². The van der Waals surface area contributed by atoms with Gasteiger partial charge in [-0.15, -0.1) is 0 Å². The Morgan fingerprint density at radius 1 is 0.810 bits per heavy atom. The average molecular weight is 295 g/mol. The second-order valence-corrected chi connectivity index (χ2v) is 5.28. The summed E-state index contributed by atoms with van der Waals surface area (Å²) in [4.78, 5) is 0. The van der Waals surface area contributed by atoms with Crippen molar-refractivity contribution in [1.29, 1.82) is 0 Å². The normalized spacial score (nSPS) is 21.0. The Morgan fingerprint density at radius 3 is 2.19 bits per heavy atom. The van der Waals surface area contributed by atoms with Gasteiger partial charge in [0.25, 0.3) is 0 Å². The van der Waals surface area contributed by atoms with Crippen LogP contribution in [0.2, 0.25) is 0 Å². The van der Waals surface area contributed by atoms with E-state index < -0.39 is 17.5 Å². The van der Waals surface area contributed by atoms with Crippen LogP contribution in [0.5, 0.6) is 0 Å². The first-order valence-corrected chi connectivity index (χ1v) is 6.70. The standard InChI is InChI=1S/C16H13F4N/c17-12-4-2-1-3-11(12)9-5-10(6-9)21-16-8-14(19)13(18)7-15(16)20/h1-4,7-10,21H,5-6H2. The SMILES string of the molecule is Fc1cc(F)c(NC2CC(c3ccccc3F)C2)cc1F. The van der Waals surface area contributed by atoms with Gasteiger partial charge in [0, 0.05) is 18.2 Å². The molecule has 0 atom stereocenters. The van der Waals surface area contributed by atoms with Crippen molar-refractivity contribution in [3.63, 3.8) is 0 Å². The summed E-state index contributed by atoms with van der Waals surface area (Å²) in [6.45, 7) is 0. The van der Waals surface area contributed by atoms with E-state index in [4.69, 9.17) is 0 Å². The van der Waals surface area contributed by atoms with E-state index in [9.17, 15) is 17.6 Å². The Morgan fingerprint density at radius 2 is 1.48 bits per heavy atom. The third-order valence-corrected chi connectivity index (χ3v) is 3.85. The molecule has 0 bridgehead atoms. The first-order valence-electron chi connectivity index (χ1n) is 6.70. The van der Waals surface area contributed by atoms with Gasteiger partial charge in [0.15, 0.2) is 11.6 Å². The topological polar surface area (TPSA) is 12.0 Å². The zero-order valence-corrected chi connectivity index (χ0v) is 11.0. The minimum Gasteiger partial charge on any atom is -0.380 e. The third-order valence-electron chi connectivity index (χ3n) is 3.85. The fourth-order valence-corrected chi connectivity index (χ4v) is 2.65. The van der Waals surface area contributed by atoms with E-state index in [1.165, 1.54) is 6.07 Å². The van der Waals surface area contributed by atoms with E-state index in [-0.39, 0.29) is 23.5 Å². The maximum Gasteiger partial charge on any atom is 0.161 e. The molecule has 1 aliphatic rings. The molecule has 1 N–H and O–H groups in total.